The normalized spacial score (nSPS) is 33.5. The highest BCUT2D eigenvalue weighted by atomic mass is 15.3. The van der Waals surface area contributed by atoms with Gasteiger partial charge >= 0.3 is 0 Å². The minimum absolute atomic E-state index is 0.429. The van der Waals surface area contributed by atoms with Gasteiger partial charge in [0.1, 0.15) is 0 Å². The number of rotatable bonds is 3. The van der Waals surface area contributed by atoms with Crippen molar-refractivity contribution in [2.75, 3.05) is 32.7 Å². The lowest BCUT2D eigenvalue weighted by molar-refractivity contribution is 0.0911. The lowest BCUT2D eigenvalue weighted by Gasteiger charge is -2.40. The van der Waals surface area contributed by atoms with Gasteiger partial charge in [-0.05, 0) is 38.1 Å². The van der Waals surface area contributed by atoms with Crippen LogP contribution in [0.25, 0.3) is 0 Å². The fourth-order valence-corrected chi connectivity index (χ4v) is 4.23. The summed E-state index contributed by atoms with van der Waals surface area (Å²) in [5.41, 5.74) is 6.46. The standard InChI is InChI=1S/C15H29N3/c16-15(13-5-2-1-3-6-13)12-17-9-10-18-8-4-7-14(18)11-17/h13-15H,1-12,16H2. The predicted octanol–water partition coefficient (Wildman–Crippen LogP) is 1.67. The molecule has 104 valence electrons. The highest BCUT2D eigenvalue weighted by Crippen LogP contribution is 2.27. The molecule has 0 amide bonds. The summed E-state index contributed by atoms with van der Waals surface area (Å²) in [6, 6.07) is 1.27. The van der Waals surface area contributed by atoms with Crippen LogP contribution in [0.2, 0.25) is 0 Å². The zero-order chi connectivity index (χ0) is 12.4. The molecule has 0 spiro atoms. The molecule has 3 rings (SSSR count). The van der Waals surface area contributed by atoms with E-state index in [1.54, 1.807) is 0 Å². The first-order chi connectivity index (χ1) is 8.83. The molecular formula is C15H29N3. The largest absolute Gasteiger partial charge is 0.326 e. The predicted molar refractivity (Wildman–Crippen MR) is 75.6 cm³/mol. The average molecular weight is 251 g/mol. The minimum atomic E-state index is 0.429. The molecule has 0 aromatic carbocycles. The van der Waals surface area contributed by atoms with Crippen LogP contribution in [0, 0.1) is 5.92 Å². The van der Waals surface area contributed by atoms with Gasteiger partial charge in [-0.25, -0.2) is 0 Å². The smallest absolute Gasteiger partial charge is 0.0224 e. The highest BCUT2D eigenvalue weighted by molar-refractivity contribution is 4.89. The second-order valence-corrected chi connectivity index (χ2v) is 6.65. The third-order valence-electron chi connectivity index (χ3n) is 5.40. The van der Waals surface area contributed by atoms with E-state index in [0.29, 0.717) is 6.04 Å². The van der Waals surface area contributed by atoms with Gasteiger partial charge in [-0.3, -0.25) is 9.80 Å². The van der Waals surface area contributed by atoms with Crippen LogP contribution in [0.1, 0.15) is 44.9 Å². The summed E-state index contributed by atoms with van der Waals surface area (Å²) in [6.45, 7) is 6.29. The first-order valence-electron chi connectivity index (χ1n) is 8.05. The molecule has 1 saturated carbocycles. The molecular weight excluding hydrogens is 222 g/mol. The van der Waals surface area contributed by atoms with Crippen LogP contribution in [-0.4, -0.2) is 54.6 Å². The van der Waals surface area contributed by atoms with Crippen molar-refractivity contribution in [2.45, 2.75) is 57.0 Å². The fourth-order valence-electron chi connectivity index (χ4n) is 4.23. The molecule has 0 aromatic rings. The van der Waals surface area contributed by atoms with E-state index in [9.17, 15) is 0 Å². The molecule has 3 fully saturated rings. The van der Waals surface area contributed by atoms with Gasteiger partial charge in [0.2, 0.25) is 0 Å². The van der Waals surface area contributed by atoms with E-state index in [1.807, 2.05) is 0 Å². The topological polar surface area (TPSA) is 32.5 Å². The Labute approximate surface area is 112 Å². The molecule has 2 aliphatic heterocycles. The van der Waals surface area contributed by atoms with E-state index in [2.05, 4.69) is 9.80 Å². The molecule has 0 bridgehead atoms. The summed E-state index contributed by atoms with van der Waals surface area (Å²) in [4.78, 5) is 5.33. The average Bonchev–Trinajstić information content (AvgIpc) is 2.87. The molecule has 3 aliphatic rings. The summed E-state index contributed by atoms with van der Waals surface area (Å²) in [7, 11) is 0. The van der Waals surface area contributed by atoms with Gasteiger partial charge in [0.05, 0.1) is 0 Å². The Kier molecular flexibility index (Phi) is 4.22. The molecule has 2 saturated heterocycles. The summed E-state index contributed by atoms with van der Waals surface area (Å²) in [6.07, 6.45) is 9.84. The lowest BCUT2D eigenvalue weighted by Crippen LogP contribution is -2.54. The fraction of sp³-hybridized carbons (Fsp3) is 1.00. The summed E-state index contributed by atoms with van der Waals surface area (Å²) < 4.78 is 0. The minimum Gasteiger partial charge on any atom is -0.326 e. The van der Waals surface area contributed by atoms with Crippen LogP contribution in [0.3, 0.4) is 0 Å². The van der Waals surface area contributed by atoms with Crippen LogP contribution >= 0.6 is 0 Å². The van der Waals surface area contributed by atoms with Crippen molar-refractivity contribution in [1.82, 2.24) is 9.80 Å². The van der Waals surface area contributed by atoms with Gasteiger partial charge in [-0.2, -0.15) is 0 Å². The molecule has 0 aromatic heterocycles. The van der Waals surface area contributed by atoms with Crippen molar-refractivity contribution in [3.8, 4) is 0 Å². The number of fused-ring (bicyclic) bond motifs is 1. The van der Waals surface area contributed by atoms with Crippen molar-refractivity contribution in [1.29, 1.82) is 0 Å². The number of hydrogen-bond donors (Lipinski definition) is 1. The van der Waals surface area contributed by atoms with E-state index >= 15 is 0 Å². The molecule has 2 N–H and O–H groups in total. The number of piperazine rings is 1. The first-order valence-corrected chi connectivity index (χ1v) is 8.05. The molecule has 2 heterocycles. The quantitative estimate of drug-likeness (QED) is 0.828. The molecule has 3 heteroatoms. The Bertz CT molecular complexity index is 262. The number of nitrogens with two attached hydrogens (primary N) is 1. The molecule has 2 unspecified atom stereocenters. The van der Waals surface area contributed by atoms with E-state index in [-0.39, 0.29) is 0 Å². The summed E-state index contributed by atoms with van der Waals surface area (Å²) >= 11 is 0. The van der Waals surface area contributed by atoms with Crippen molar-refractivity contribution in [3.05, 3.63) is 0 Å². The van der Waals surface area contributed by atoms with Crippen LogP contribution < -0.4 is 5.73 Å². The van der Waals surface area contributed by atoms with E-state index in [4.69, 9.17) is 5.73 Å². The zero-order valence-corrected chi connectivity index (χ0v) is 11.7. The second-order valence-electron chi connectivity index (χ2n) is 6.65. The van der Waals surface area contributed by atoms with Crippen LogP contribution in [0.4, 0.5) is 0 Å². The number of hydrogen-bond acceptors (Lipinski definition) is 3. The van der Waals surface area contributed by atoms with Crippen LogP contribution in [0.15, 0.2) is 0 Å². The highest BCUT2D eigenvalue weighted by Gasteiger charge is 2.32. The van der Waals surface area contributed by atoms with Crippen molar-refractivity contribution < 1.29 is 0 Å². The molecule has 18 heavy (non-hydrogen) atoms. The molecule has 2 atom stereocenters. The van der Waals surface area contributed by atoms with Gasteiger partial charge in [0.15, 0.2) is 0 Å². The van der Waals surface area contributed by atoms with Crippen molar-refractivity contribution in [3.63, 3.8) is 0 Å². The third kappa shape index (κ3) is 2.89. The maximum atomic E-state index is 6.46. The van der Waals surface area contributed by atoms with E-state index in [0.717, 1.165) is 18.5 Å². The van der Waals surface area contributed by atoms with Gasteiger partial charge < -0.3 is 5.73 Å². The van der Waals surface area contributed by atoms with Gasteiger partial charge in [-0.15, -0.1) is 0 Å². The maximum absolute atomic E-state index is 6.46. The zero-order valence-electron chi connectivity index (χ0n) is 11.7. The van der Waals surface area contributed by atoms with Gasteiger partial charge in [0, 0.05) is 38.3 Å². The third-order valence-corrected chi connectivity index (χ3v) is 5.40. The maximum Gasteiger partial charge on any atom is 0.0224 e. The Morgan fingerprint density at radius 2 is 1.78 bits per heavy atom. The van der Waals surface area contributed by atoms with Gasteiger partial charge in [0.25, 0.3) is 0 Å². The SMILES string of the molecule is NC(CN1CCN2CCCC2C1)C1CCCCC1. The molecule has 1 aliphatic carbocycles. The monoisotopic (exact) mass is 251 g/mol. The lowest BCUT2D eigenvalue weighted by atomic mass is 9.84. The Morgan fingerprint density at radius 1 is 0.944 bits per heavy atom. The first kappa shape index (κ1) is 12.9. The second kappa shape index (κ2) is 5.89. The van der Waals surface area contributed by atoms with Crippen molar-refractivity contribution >= 4 is 0 Å². The van der Waals surface area contributed by atoms with Crippen molar-refractivity contribution in [2.24, 2.45) is 11.7 Å². The van der Waals surface area contributed by atoms with E-state index < -0.39 is 0 Å². The summed E-state index contributed by atoms with van der Waals surface area (Å²) in [5, 5.41) is 0. The van der Waals surface area contributed by atoms with Crippen LogP contribution in [0.5, 0.6) is 0 Å². The Balaban J connectivity index is 1.47. The van der Waals surface area contributed by atoms with Gasteiger partial charge in [-0.1, -0.05) is 19.3 Å². The van der Waals surface area contributed by atoms with E-state index in [1.165, 1.54) is 71.1 Å². The van der Waals surface area contributed by atoms with Crippen LogP contribution in [-0.2, 0) is 0 Å². The Hall–Kier alpha value is -0.120. The summed E-state index contributed by atoms with van der Waals surface area (Å²) in [5.74, 6) is 0.806. The molecule has 3 nitrogen and oxygen atoms in total. The molecule has 0 radical (unpaired) electrons. The number of nitrogens with zero attached hydrogens (tertiary/aromatic N) is 2. The Morgan fingerprint density at radius 3 is 2.61 bits per heavy atom.